The predicted octanol–water partition coefficient (Wildman–Crippen LogP) is 3.39. The topological polar surface area (TPSA) is 0 Å². The van der Waals surface area contributed by atoms with E-state index in [1.165, 1.54) is 25.7 Å². The van der Waals surface area contributed by atoms with Crippen molar-refractivity contribution in [1.29, 1.82) is 0 Å². The smallest absolute Gasteiger partial charge is 0.0201 e. The van der Waals surface area contributed by atoms with Crippen LogP contribution in [0.5, 0.6) is 0 Å². The molecular formula is C12H18. The molecule has 4 aliphatic rings. The van der Waals surface area contributed by atoms with Crippen LogP contribution in [-0.4, -0.2) is 0 Å². The van der Waals surface area contributed by atoms with Gasteiger partial charge in [0.2, 0.25) is 0 Å². The second kappa shape index (κ2) is 2.37. The highest BCUT2D eigenvalue weighted by molar-refractivity contribution is 5.14. The van der Waals surface area contributed by atoms with Crippen molar-refractivity contribution in [2.24, 2.45) is 23.7 Å². The number of hydrogen-bond donors (Lipinski definition) is 0. The van der Waals surface area contributed by atoms with Crippen molar-refractivity contribution < 1.29 is 0 Å². The minimum atomic E-state index is 0.973. The molecule has 4 aliphatic carbocycles. The highest BCUT2D eigenvalue weighted by Gasteiger charge is 2.38. The van der Waals surface area contributed by atoms with Gasteiger partial charge in [0.15, 0.2) is 0 Å². The Morgan fingerprint density at radius 1 is 1.00 bits per heavy atom. The summed E-state index contributed by atoms with van der Waals surface area (Å²) in [6.45, 7) is 2.37. The Bertz CT molecular complexity index is 212. The maximum Gasteiger partial charge on any atom is -0.0201 e. The monoisotopic (exact) mass is 162 g/mol. The molecule has 0 amide bonds. The Morgan fingerprint density at radius 2 is 1.67 bits per heavy atom. The zero-order chi connectivity index (χ0) is 8.13. The van der Waals surface area contributed by atoms with Crippen molar-refractivity contribution >= 4 is 0 Å². The molecule has 0 N–H and O–H groups in total. The summed E-state index contributed by atoms with van der Waals surface area (Å²) in [5.74, 6) is 4.16. The van der Waals surface area contributed by atoms with E-state index in [0.29, 0.717) is 0 Å². The van der Waals surface area contributed by atoms with Gasteiger partial charge >= 0.3 is 0 Å². The summed E-state index contributed by atoms with van der Waals surface area (Å²) >= 11 is 0. The Balaban J connectivity index is 1.98. The van der Waals surface area contributed by atoms with Crippen LogP contribution in [0.1, 0.15) is 39.0 Å². The van der Waals surface area contributed by atoms with E-state index in [-0.39, 0.29) is 0 Å². The van der Waals surface area contributed by atoms with Crippen LogP contribution < -0.4 is 0 Å². The van der Waals surface area contributed by atoms with E-state index in [1.54, 1.807) is 12.0 Å². The zero-order valence-corrected chi connectivity index (χ0v) is 7.92. The van der Waals surface area contributed by atoms with Gasteiger partial charge in [0.1, 0.15) is 0 Å². The normalized spacial score (nSPS) is 50.6. The molecule has 2 fully saturated rings. The number of allylic oxidation sites excluding steroid dienone is 2. The van der Waals surface area contributed by atoms with Crippen LogP contribution in [0.2, 0.25) is 0 Å². The Kier molecular flexibility index (Phi) is 1.42. The first kappa shape index (κ1) is 7.17. The van der Waals surface area contributed by atoms with E-state index < -0.39 is 0 Å². The van der Waals surface area contributed by atoms with Crippen molar-refractivity contribution in [3.63, 3.8) is 0 Å². The summed E-state index contributed by atoms with van der Waals surface area (Å²) in [4.78, 5) is 0. The molecule has 2 saturated carbocycles. The first-order valence-corrected chi connectivity index (χ1v) is 5.49. The van der Waals surface area contributed by atoms with Crippen LogP contribution in [-0.2, 0) is 0 Å². The molecular weight excluding hydrogens is 144 g/mol. The molecule has 66 valence electrons. The van der Waals surface area contributed by atoms with Gasteiger partial charge in [0, 0.05) is 0 Å². The van der Waals surface area contributed by atoms with Gasteiger partial charge in [-0.1, -0.05) is 11.6 Å². The molecule has 4 rings (SSSR count). The molecule has 2 unspecified atom stereocenters. The van der Waals surface area contributed by atoms with Gasteiger partial charge in [0.25, 0.3) is 0 Å². The largest absolute Gasteiger partial charge is 0.0822 e. The van der Waals surface area contributed by atoms with Crippen LogP contribution in [0.3, 0.4) is 0 Å². The van der Waals surface area contributed by atoms with E-state index in [1.807, 2.05) is 0 Å². The van der Waals surface area contributed by atoms with Crippen LogP contribution >= 0.6 is 0 Å². The maximum atomic E-state index is 2.60. The molecule has 0 aromatic carbocycles. The number of hydrogen-bond acceptors (Lipinski definition) is 0. The fourth-order valence-corrected chi connectivity index (χ4v) is 3.92. The van der Waals surface area contributed by atoms with Gasteiger partial charge in [0.05, 0.1) is 0 Å². The third-order valence-corrected chi connectivity index (χ3v) is 4.32. The Labute approximate surface area is 75.0 Å². The summed E-state index contributed by atoms with van der Waals surface area (Å²) in [5.41, 5.74) is 1.73. The highest BCUT2D eigenvalue weighted by Crippen LogP contribution is 2.50. The Morgan fingerprint density at radius 3 is 2.33 bits per heavy atom. The van der Waals surface area contributed by atoms with Gasteiger partial charge in [-0.2, -0.15) is 0 Å². The summed E-state index contributed by atoms with van der Waals surface area (Å²) < 4.78 is 0. The van der Waals surface area contributed by atoms with Crippen molar-refractivity contribution in [1.82, 2.24) is 0 Å². The molecule has 0 aromatic rings. The van der Waals surface area contributed by atoms with Gasteiger partial charge in [-0.25, -0.2) is 0 Å². The number of rotatable bonds is 0. The lowest BCUT2D eigenvalue weighted by Crippen LogP contribution is -2.27. The van der Waals surface area contributed by atoms with E-state index in [9.17, 15) is 0 Å². The highest BCUT2D eigenvalue weighted by atomic mass is 14.4. The quantitative estimate of drug-likeness (QED) is 0.479. The predicted molar refractivity (Wildman–Crippen MR) is 50.8 cm³/mol. The molecule has 0 spiro atoms. The van der Waals surface area contributed by atoms with E-state index in [4.69, 9.17) is 0 Å². The van der Waals surface area contributed by atoms with Crippen LogP contribution in [0.15, 0.2) is 11.6 Å². The molecule has 4 bridgehead atoms. The molecule has 0 aromatic heterocycles. The summed E-state index contributed by atoms with van der Waals surface area (Å²) in [6.07, 6.45) is 10.2. The molecule has 0 aliphatic heterocycles. The average molecular weight is 162 g/mol. The van der Waals surface area contributed by atoms with E-state index >= 15 is 0 Å². The minimum absolute atomic E-state index is 0.973. The zero-order valence-electron chi connectivity index (χ0n) is 7.92. The van der Waals surface area contributed by atoms with Gasteiger partial charge in [-0.05, 0) is 62.7 Å². The van der Waals surface area contributed by atoms with Gasteiger partial charge in [-0.3, -0.25) is 0 Å². The van der Waals surface area contributed by atoms with Crippen LogP contribution in [0.25, 0.3) is 0 Å². The Hall–Kier alpha value is -0.260. The molecule has 12 heavy (non-hydrogen) atoms. The third-order valence-electron chi connectivity index (χ3n) is 4.32. The second-order valence-corrected chi connectivity index (χ2v) is 5.28. The average Bonchev–Trinajstić information content (AvgIpc) is 2.16. The second-order valence-electron chi connectivity index (χ2n) is 5.28. The minimum Gasteiger partial charge on any atom is -0.0822 e. The lowest BCUT2D eigenvalue weighted by molar-refractivity contribution is 0.140. The molecule has 4 atom stereocenters. The lowest BCUT2D eigenvalue weighted by atomic mass is 9.67. The van der Waals surface area contributed by atoms with Crippen molar-refractivity contribution in [3.8, 4) is 0 Å². The molecule has 0 nitrogen and oxygen atoms in total. The first-order chi connectivity index (χ1) is 5.81. The SMILES string of the molecule is CC1=CC2C[C@@H]3CC1C[C@H](C2)C3. The fourth-order valence-electron chi connectivity index (χ4n) is 3.92. The molecule has 0 heterocycles. The fraction of sp³-hybridized carbons (Fsp3) is 0.833. The van der Waals surface area contributed by atoms with E-state index in [2.05, 4.69) is 13.0 Å². The summed E-state index contributed by atoms with van der Waals surface area (Å²) in [6, 6.07) is 0. The summed E-state index contributed by atoms with van der Waals surface area (Å²) in [7, 11) is 0. The molecule has 0 radical (unpaired) electrons. The lowest BCUT2D eigenvalue weighted by Gasteiger charge is -2.38. The molecule has 0 heteroatoms. The van der Waals surface area contributed by atoms with Crippen LogP contribution in [0, 0.1) is 23.7 Å². The standard InChI is InChI=1S/C12H18/c1-8-2-9-3-10-5-11(4-9)7-12(8)6-10/h2,9-12H,3-7H2,1H3/t9?,10-,11+,12?. The van der Waals surface area contributed by atoms with Crippen LogP contribution in [0.4, 0.5) is 0 Å². The first-order valence-electron chi connectivity index (χ1n) is 5.49. The van der Waals surface area contributed by atoms with E-state index in [0.717, 1.165) is 23.7 Å². The van der Waals surface area contributed by atoms with Crippen molar-refractivity contribution in [2.45, 2.75) is 39.0 Å². The van der Waals surface area contributed by atoms with Gasteiger partial charge < -0.3 is 0 Å². The maximum absolute atomic E-state index is 2.60. The molecule has 0 saturated heterocycles. The third kappa shape index (κ3) is 0.967. The van der Waals surface area contributed by atoms with Gasteiger partial charge in [-0.15, -0.1) is 0 Å². The van der Waals surface area contributed by atoms with Crippen molar-refractivity contribution in [3.05, 3.63) is 11.6 Å². The van der Waals surface area contributed by atoms with Crippen molar-refractivity contribution in [2.75, 3.05) is 0 Å². The summed E-state index contributed by atoms with van der Waals surface area (Å²) in [5, 5.41) is 0.